The van der Waals surface area contributed by atoms with Gasteiger partial charge in [-0.2, -0.15) is 5.10 Å². The molecule has 0 radical (unpaired) electrons. The molecule has 2 aromatic heterocycles. The first-order valence-corrected chi connectivity index (χ1v) is 8.50. The molecule has 0 saturated carbocycles. The minimum absolute atomic E-state index is 0.0438. The van der Waals surface area contributed by atoms with Crippen LogP contribution in [0.1, 0.15) is 18.5 Å². The van der Waals surface area contributed by atoms with Crippen LogP contribution in [0, 0.1) is 0 Å². The zero-order chi connectivity index (χ0) is 17.9. The molecule has 0 aliphatic carbocycles. The van der Waals surface area contributed by atoms with E-state index in [-0.39, 0.29) is 11.9 Å². The molecule has 130 valence electrons. The Bertz CT molecular complexity index is 1040. The van der Waals surface area contributed by atoms with Crippen molar-refractivity contribution < 1.29 is 4.79 Å². The molecule has 1 amide bonds. The van der Waals surface area contributed by atoms with E-state index in [2.05, 4.69) is 15.4 Å². The predicted molar refractivity (Wildman–Crippen MR) is 99.9 cm³/mol. The molecule has 0 aliphatic rings. The third-order valence-electron chi connectivity index (χ3n) is 4.42. The average Bonchev–Trinajstić information content (AvgIpc) is 3.35. The van der Waals surface area contributed by atoms with Crippen LogP contribution in [0.3, 0.4) is 0 Å². The number of carbonyl (C=O) groups excluding carboxylic acids is 1. The summed E-state index contributed by atoms with van der Waals surface area (Å²) in [6, 6.07) is 17.3. The number of hydrogen-bond donors (Lipinski definition) is 1. The lowest BCUT2D eigenvalue weighted by Gasteiger charge is -2.15. The van der Waals surface area contributed by atoms with Crippen LogP contribution in [0.4, 0.5) is 0 Å². The number of carbonyl (C=O) groups is 1. The molecule has 0 aliphatic heterocycles. The molecule has 2 aromatic carbocycles. The van der Waals surface area contributed by atoms with Gasteiger partial charge in [0.25, 0.3) is 0 Å². The highest BCUT2D eigenvalue weighted by atomic mass is 16.2. The molecule has 0 fully saturated rings. The fourth-order valence-electron chi connectivity index (χ4n) is 2.98. The van der Waals surface area contributed by atoms with Gasteiger partial charge in [-0.3, -0.25) is 4.79 Å². The van der Waals surface area contributed by atoms with Gasteiger partial charge < -0.3 is 9.88 Å². The number of nitrogens with zero attached hydrogens (tertiary/aromatic N) is 4. The highest BCUT2D eigenvalue weighted by Crippen LogP contribution is 2.17. The van der Waals surface area contributed by atoms with Crippen LogP contribution in [0.25, 0.3) is 16.7 Å². The summed E-state index contributed by atoms with van der Waals surface area (Å²) in [5.41, 5.74) is 3.83. The molecule has 26 heavy (non-hydrogen) atoms. The highest BCUT2D eigenvalue weighted by molar-refractivity contribution is 5.83. The number of imidazole rings is 1. The second-order valence-electron chi connectivity index (χ2n) is 6.15. The number of hydrogen-bond acceptors (Lipinski definition) is 3. The minimum atomic E-state index is -0.336. The number of para-hydroxylation sites is 2. The summed E-state index contributed by atoms with van der Waals surface area (Å²) in [4.78, 5) is 16.9. The predicted octanol–water partition coefficient (Wildman–Crippen LogP) is 3.10. The van der Waals surface area contributed by atoms with Gasteiger partial charge in [-0.15, -0.1) is 0 Å². The molecule has 1 unspecified atom stereocenters. The monoisotopic (exact) mass is 345 g/mol. The first-order valence-electron chi connectivity index (χ1n) is 8.50. The number of benzene rings is 2. The van der Waals surface area contributed by atoms with E-state index in [4.69, 9.17) is 0 Å². The molecule has 1 atom stereocenters. The van der Waals surface area contributed by atoms with E-state index in [0.717, 1.165) is 22.3 Å². The van der Waals surface area contributed by atoms with Crippen LogP contribution in [-0.2, 0) is 11.3 Å². The van der Waals surface area contributed by atoms with Crippen LogP contribution in [0.2, 0.25) is 0 Å². The van der Waals surface area contributed by atoms with Gasteiger partial charge in [-0.05, 0) is 42.8 Å². The second kappa shape index (κ2) is 6.84. The molecule has 4 aromatic rings. The Morgan fingerprint density at radius 2 is 2.04 bits per heavy atom. The summed E-state index contributed by atoms with van der Waals surface area (Å²) >= 11 is 0. The summed E-state index contributed by atoms with van der Waals surface area (Å²) in [7, 11) is 0. The molecular weight excluding hydrogens is 326 g/mol. The van der Waals surface area contributed by atoms with Crippen molar-refractivity contribution in [3.63, 3.8) is 0 Å². The SMILES string of the molecule is CC(C(=O)NCc1cccc(-n2cccn2)c1)n1cnc2ccccc21. The summed E-state index contributed by atoms with van der Waals surface area (Å²) in [6.45, 7) is 2.34. The number of amides is 1. The van der Waals surface area contributed by atoms with Crippen molar-refractivity contribution in [3.05, 3.63) is 78.9 Å². The quantitative estimate of drug-likeness (QED) is 0.604. The number of rotatable bonds is 5. The smallest absolute Gasteiger partial charge is 0.243 e. The van der Waals surface area contributed by atoms with Gasteiger partial charge in [0.2, 0.25) is 5.91 Å². The van der Waals surface area contributed by atoms with Gasteiger partial charge in [0.05, 0.1) is 23.0 Å². The Balaban J connectivity index is 1.46. The fourth-order valence-corrected chi connectivity index (χ4v) is 2.98. The van der Waals surface area contributed by atoms with Crippen molar-refractivity contribution in [1.82, 2.24) is 24.6 Å². The van der Waals surface area contributed by atoms with Crippen molar-refractivity contribution >= 4 is 16.9 Å². The van der Waals surface area contributed by atoms with Crippen LogP contribution >= 0.6 is 0 Å². The Kier molecular flexibility index (Phi) is 4.23. The largest absolute Gasteiger partial charge is 0.350 e. The van der Waals surface area contributed by atoms with E-state index in [0.29, 0.717) is 6.54 Å². The molecule has 1 N–H and O–H groups in total. The maximum Gasteiger partial charge on any atom is 0.243 e. The topological polar surface area (TPSA) is 64.7 Å². The van der Waals surface area contributed by atoms with Gasteiger partial charge in [0.15, 0.2) is 0 Å². The molecule has 4 rings (SSSR count). The molecule has 0 saturated heterocycles. The van der Waals surface area contributed by atoms with Gasteiger partial charge >= 0.3 is 0 Å². The Hall–Kier alpha value is -3.41. The first-order chi connectivity index (χ1) is 12.7. The van der Waals surface area contributed by atoms with Gasteiger partial charge in [-0.1, -0.05) is 24.3 Å². The van der Waals surface area contributed by atoms with Crippen molar-refractivity contribution in [2.45, 2.75) is 19.5 Å². The summed E-state index contributed by atoms with van der Waals surface area (Å²) in [6.07, 6.45) is 5.35. The van der Waals surface area contributed by atoms with E-state index >= 15 is 0 Å². The van der Waals surface area contributed by atoms with Crippen LogP contribution < -0.4 is 5.32 Å². The van der Waals surface area contributed by atoms with E-state index < -0.39 is 0 Å². The summed E-state index contributed by atoms with van der Waals surface area (Å²) in [5.74, 6) is -0.0438. The maximum absolute atomic E-state index is 12.6. The van der Waals surface area contributed by atoms with Crippen LogP contribution in [0.5, 0.6) is 0 Å². The summed E-state index contributed by atoms with van der Waals surface area (Å²) in [5, 5.41) is 7.24. The minimum Gasteiger partial charge on any atom is -0.350 e. The number of fused-ring (bicyclic) bond motifs is 1. The zero-order valence-corrected chi connectivity index (χ0v) is 14.4. The lowest BCUT2D eigenvalue weighted by Crippen LogP contribution is -2.30. The molecule has 2 heterocycles. The standard InChI is InChI=1S/C20H19N5O/c1-15(24-14-22-18-8-2-3-9-19(18)24)20(26)21-13-16-6-4-7-17(12-16)25-11-5-10-23-25/h2-12,14-15H,13H2,1H3,(H,21,26). The van der Waals surface area contributed by atoms with Gasteiger partial charge in [0, 0.05) is 18.9 Å². The third-order valence-corrected chi connectivity index (χ3v) is 4.42. The normalized spacial score (nSPS) is 12.2. The van der Waals surface area contributed by atoms with Crippen LogP contribution in [0.15, 0.2) is 73.3 Å². The van der Waals surface area contributed by atoms with Crippen LogP contribution in [-0.4, -0.2) is 25.2 Å². The summed E-state index contributed by atoms with van der Waals surface area (Å²) < 4.78 is 3.69. The molecule has 6 heteroatoms. The second-order valence-corrected chi connectivity index (χ2v) is 6.15. The van der Waals surface area contributed by atoms with Gasteiger partial charge in [-0.25, -0.2) is 9.67 Å². The Morgan fingerprint density at radius 3 is 2.88 bits per heavy atom. The number of aromatic nitrogens is 4. The molecular formula is C20H19N5O. The molecule has 0 bridgehead atoms. The molecule has 0 spiro atoms. The van der Waals surface area contributed by atoms with Crippen molar-refractivity contribution in [2.75, 3.05) is 0 Å². The van der Waals surface area contributed by atoms with E-state index in [9.17, 15) is 4.79 Å². The zero-order valence-electron chi connectivity index (χ0n) is 14.4. The average molecular weight is 345 g/mol. The van der Waals surface area contributed by atoms with Crippen molar-refractivity contribution in [3.8, 4) is 5.69 Å². The first kappa shape index (κ1) is 16.1. The fraction of sp³-hybridized carbons (Fsp3) is 0.150. The lowest BCUT2D eigenvalue weighted by atomic mass is 10.2. The Labute approximate surface area is 151 Å². The van der Waals surface area contributed by atoms with E-state index in [1.165, 1.54) is 0 Å². The number of nitrogens with one attached hydrogen (secondary N) is 1. The lowest BCUT2D eigenvalue weighted by molar-refractivity contribution is -0.123. The molecule has 6 nitrogen and oxygen atoms in total. The van der Waals surface area contributed by atoms with E-state index in [1.807, 2.05) is 72.3 Å². The Morgan fingerprint density at radius 1 is 1.15 bits per heavy atom. The highest BCUT2D eigenvalue weighted by Gasteiger charge is 2.16. The van der Waals surface area contributed by atoms with Crippen molar-refractivity contribution in [2.24, 2.45) is 0 Å². The van der Waals surface area contributed by atoms with E-state index in [1.54, 1.807) is 17.2 Å². The maximum atomic E-state index is 12.6. The van der Waals surface area contributed by atoms with Crippen molar-refractivity contribution in [1.29, 1.82) is 0 Å². The third kappa shape index (κ3) is 3.09. The van der Waals surface area contributed by atoms with Gasteiger partial charge in [0.1, 0.15) is 6.04 Å².